The van der Waals surface area contributed by atoms with E-state index in [2.05, 4.69) is 11.7 Å². The molecule has 0 N–H and O–H groups in total. The zero-order valence-electron chi connectivity index (χ0n) is 12.7. The molecular weight excluding hydrogens is 258 g/mol. The predicted molar refractivity (Wildman–Crippen MR) is 76.5 cm³/mol. The summed E-state index contributed by atoms with van der Waals surface area (Å²) < 4.78 is 9.94. The van der Waals surface area contributed by atoms with Crippen LogP contribution in [0.15, 0.2) is 0 Å². The normalized spacial score (nSPS) is 18.1. The molecule has 1 fully saturated rings. The standard InChI is InChI=1S/C15H27NO4/c1-3-4-5-6-7-8-12-20-14(17)13-10-9-11-16(13)15(18)19-2/h13H,3-12H2,1-2H3. The Morgan fingerprint density at radius 1 is 1.15 bits per heavy atom. The van der Waals surface area contributed by atoms with Crippen molar-refractivity contribution in [3.63, 3.8) is 0 Å². The molecule has 1 unspecified atom stereocenters. The Morgan fingerprint density at radius 3 is 2.55 bits per heavy atom. The summed E-state index contributed by atoms with van der Waals surface area (Å²) in [6.07, 6.45) is 8.02. The van der Waals surface area contributed by atoms with Crippen molar-refractivity contribution in [2.75, 3.05) is 20.3 Å². The first-order chi connectivity index (χ1) is 9.70. The van der Waals surface area contributed by atoms with Crippen molar-refractivity contribution in [2.24, 2.45) is 0 Å². The van der Waals surface area contributed by atoms with Gasteiger partial charge < -0.3 is 9.47 Å². The number of hydrogen-bond donors (Lipinski definition) is 0. The van der Waals surface area contributed by atoms with Crippen LogP contribution in [0.25, 0.3) is 0 Å². The summed E-state index contributed by atoms with van der Waals surface area (Å²) >= 11 is 0. The third-order valence-corrected chi connectivity index (χ3v) is 3.68. The highest BCUT2D eigenvalue weighted by Crippen LogP contribution is 2.19. The second-order valence-electron chi connectivity index (χ2n) is 5.26. The molecule has 20 heavy (non-hydrogen) atoms. The topological polar surface area (TPSA) is 55.8 Å². The van der Waals surface area contributed by atoms with E-state index in [1.54, 1.807) is 0 Å². The van der Waals surface area contributed by atoms with Gasteiger partial charge in [-0.25, -0.2) is 9.59 Å². The van der Waals surface area contributed by atoms with Gasteiger partial charge in [-0.15, -0.1) is 0 Å². The Morgan fingerprint density at radius 2 is 1.85 bits per heavy atom. The minimum Gasteiger partial charge on any atom is -0.464 e. The molecule has 1 atom stereocenters. The molecule has 0 radical (unpaired) electrons. The number of methoxy groups -OCH3 is 1. The lowest BCUT2D eigenvalue weighted by Crippen LogP contribution is -2.41. The van der Waals surface area contributed by atoms with Crippen molar-refractivity contribution in [3.05, 3.63) is 0 Å². The van der Waals surface area contributed by atoms with Crippen LogP contribution in [0.2, 0.25) is 0 Å². The van der Waals surface area contributed by atoms with Crippen LogP contribution in [-0.2, 0) is 14.3 Å². The fraction of sp³-hybridized carbons (Fsp3) is 0.867. The summed E-state index contributed by atoms with van der Waals surface area (Å²) in [4.78, 5) is 24.9. The van der Waals surface area contributed by atoms with E-state index in [1.165, 1.54) is 37.7 Å². The molecule has 0 saturated carbocycles. The van der Waals surface area contributed by atoms with Crippen molar-refractivity contribution in [1.82, 2.24) is 4.90 Å². The Hall–Kier alpha value is -1.26. The molecule has 1 saturated heterocycles. The molecule has 1 rings (SSSR count). The second kappa shape index (κ2) is 9.61. The first kappa shape index (κ1) is 16.8. The molecule has 5 heteroatoms. The molecule has 0 aromatic rings. The van der Waals surface area contributed by atoms with E-state index in [1.807, 2.05) is 0 Å². The van der Waals surface area contributed by atoms with Crippen LogP contribution in [-0.4, -0.2) is 43.3 Å². The lowest BCUT2D eigenvalue weighted by molar-refractivity contribution is -0.148. The number of rotatable bonds is 8. The molecule has 0 spiro atoms. The van der Waals surface area contributed by atoms with Crippen LogP contribution in [0.1, 0.15) is 58.3 Å². The van der Waals surface area contributed by atoms with Gasteiger partial charge in [0.1, 0.15) is 6.04 Å². The molecule has 1 aliphatic heterocycles. The summed E-state index contributed by atoms with van der Waals surface area (Å²) in [5.41, 5.74) is 0. The Bertz CT molecular complexity index is 306. The fourth-order valence-corrected chi connectivity index (χ4v) is 2.50. The number of likely N-dealkylation sites (tertiary alicyclic amines) is 1. The highest BCUT2D eigenvalue weighted by Gasteiger charge is 2.35. The zero-order chi connectivity index (χ0) is 14.8. The summed E-state index contributed by atoms with van der Waals surface area (Å²) in [6.45, 7) is 3.22. The maximum atomic E-state index is 11.9. The first-order valence-corrected chi connectivity index (χ1v) is 7.72. The van der Waals surface area contributed by atoms with E-state index >= 15 is 0 Å². The average molecular weight is 285 g/mol. The maximum absolute atomic E-state index is 11.9. The summed E-state index contributed by atoms with van der Waals surface area (Å²) in [6, 6.07) is -0.456. The number of hydrogen-bond acceptors (Lipinski definition) is 4. The molecule has 116 valence electrons. The van der Waals surface area contributed by atoms with Gasteiger partial charge in [0.15, 0.2) is 0 Å². The first-order valence-electron chi connectivity index (χ1n) is 7.72. The monoisotopic (exact) mass is 285 g/mol. The van der Waals surface area contributed by atoms with E-state index in [9.17, 15) is 9.59 Å². The summed E-state index contributed by atoms with van der Waals surface area (Å²) in [5.74, 6) is -0.290. The van der Waals surface area contributed by atoms with E-state index in [0.717, 1.165) is 19.3 Å². The quantitative estimate of drug-likeness (QED) is 0.508. The number of amides is 1. The smallest absolute Gasteiger partial charge is 0.410 e. The van der Waals surface area contributed by atoms with Gasteiger partial charge in [-0.3, -0.25) is 4.90 Å². The Balaban J connectivity index is 2.17. The number of carbonyl (C=O) groups is 2. The van der Waals surface area contributed by atoms with E-state index in [0.29, 0.717) is 19.6 Å². The van der Waals surface area contributed by atoms with E-state index in [4.69, 9.17) is 4.74 Å². The minimum absolute atomic E-state index is 0.290. The Labute approximate surface area is 121 Å². The number of carbonyl (C=O) groups excluding carboxylic acids is 2. The van der Waals surface area contributed by atoms with Crippen LogP contribution in [0.5, 0.6) is 0 Å². The van der Waals surface area contributed by atoms with Crippen molar-refractivity contribution < 1.29 is 19.1 Å². The largest absolute Gasteiger partial charge is 0.464 e. The van der Waals surface area contributed by atoms with Crippen molar-refractivity contribution in [1.29, 1.82) is 0 Å². The third-order valence-electron chi connectivity index (χ3n) is 3.68. The van der Waals surface area contributed by atoms with Crippen LogP contribution in [0.3, 0.4) is 0 Å². The molecule has 1 heterocycles. The third kappa shape index (κ3) is 5.39. The minimum atomic E-state index is -0.456. The highest BCUT2D eigenvalue weighted by atomic mass is 16.6. The summed E-state index contributed by atoms with van der Waals surface area (Å²) in [5, 5.41) is 0. The number of unbranched alkanes of at least 4 members (excludes halogenated alkanes) is 5. The van der Waals surface area contributed by atoms with Crippen LogP contribution >= 0.6 is 0 Å². The van der Waals surface area contributed by atoms with Gasteiger partial charge in [0, 0.05) is 6.54 Å². The van der Waals surface area contributed by atoms with Gasteiger partial charge in [-0.2, -0.15) is 0 Å². The molecule has 0 bridgehead atoms. The zero-order valence-corrected chi connectivity index (χ0v) is 12.7. The average Bonchev–Trinajstić information content (AvgIpc) is 2.94. The number of esters is 1. The highest BCUT2D eigenvalue weighted by molar-refractivity contribution is 5.82. The molecule has 5 nitrogen and oxygen atoms in total. The fourth-order valence-electron chi connectivity index (χ4n) is 2.50. The molecule has 0 aromatic carbocycles. The van der Waals surface area contributed by atoms with Crippen LogP contribution in [0.4, 0.5) is 4.79 Å². The van der Waals surface area contributed by atoms with Gasteiger partial charge in [0.25, 0.3) is 0 Å². The predicted octanol–water partition coefficient (Wildman–Crippen LogP) is 3.12. The lowest BCUT2D eigenvalue weighted by Gasteiger charge is -2.21. The van der Waals surface area contributed by atoms with Crippen LogP contribution in [0, 0.1) is 0 Å². The summed E-state index contributed by atoms with van der Waals surface area (Å²) in [7, 11) is 1.33. The van der Waals surface area contributed by atoms with Crippen molar-refractivity contribution in [2.45, 2.75) is 64.3 Å². The van der Waals surface area contributed by atoms with Crippen molar-refractivity contribution in [3.8, 4) is 0 Å². The SMILES string of the molecule is CCCCCCCCOC(=O)C1CCCN1C(=O)OC. The van der Waals surface area contributed by atoms with Gasteiger partial charge in [-0.1, -0.05) is 39.0 Å². The Kier molecular flexibility index (Phi) is 8.07. The molecule has 1 aliphatic rings. The van der Waals surface area contributed by atoms with E-state index in [-0.39, 0.29) is 5.97 Å². The van der Waals surface area contributed by atoms with Gasteiger partial charge in [-0.05, 0) is 19.3 Å². The van der Waals surface area contributed by atoms with Gasteiger partial charge >= 0.3 is 12.1 Å². The molecule has 0 aromatic heterocycles. The molecule has 1 amide bonds. The maximum Gasteiger partial charge on any atom is 0.410 e. The number of ether oxygens (including phenoxy) is 2. The second-order valence-corrected chi connectivity index (χ2v) is 5.26. The lowest BCUT2D eigenvalue weighted by atomic mass is 10.1. The van der Waals surface area contributed by atoms with E-state index < -0.39 is 12.1 Å². The molecular formula is C15H27NO4. The van der Waals surface area contributed by atoms with Crippen LogP contribution < -0.4 is 0 Å². The number of nitrogens with zero attached hydrogens (tertiary/aromatic N) is 1. The van der Waals surface area contributed by atoms with Crippen molar-refractivity contribution >= 4 is 12.1 Å². The molecule has 0 aliphatic carbocycles. The van der Waals surface area contributed by atoms with Gasteiger partial charge in [0.2, 0.25) is 0 Å². The van der Waals surface area contributed by atoms with Gasteiger partial charge in [0.05, 0.1) is 13.7 Å².